The lowest BCUT2D eigenvalue weighted by Gasteiger charge is -2.18. The van der Waals surface area contributed by atoms with E-state index in [0.29, 0.717) is 5.75 Å². The van der Waals surface area contributed by atoms with Crippen molar-refractivity contribution in [3.63, 3.8) is 0 Å². The molecule has 0 aliphatic rings. The van der Waals surface area contributed by atoms with Gasteiger partial charge >= 0.3 is 0 Å². The van der Waals surface area contributed by atoms with Crippen LogP contribution in [0, 0.1) is 27.7 Å². The van der Waals surface area contributed by atoms with Gasteiger partial charge in [-0.05, 0) is 103 Å². The molecule has 0 spiro atoms. The summed E-state index contributed by atoms with van der Waals surface area (Å²) in [5.74, 6) is 0.789. The maximum absolute atomic E-state index is 10.4. The van der Waals surface area contributed by atoms with E-state index in [9.17, 15) is 15.3 Å². The molecule has 0 aliphatic carbocycles. The van der Waals surface area contributed by atoms with Crippen molar-refractivity contribution >= 4 is 0 Å². The Kier molecular flexibility index (Phi) is 4.17. The lowest BCUT2D eigenvalue weighted by atomic mass is 9.87. The van der Waals surface area contributed by atoms with Crippen LogP contribution in [0.3, 0.4) is 0 Å². The summed E-state index contributed by atoms with van der Waals surface area (Å²) in [6.07, 6.45) is 0. The summed E-state index contributed by atoms with van der Waals surface area (Å²) in [5, 5.41) is 30.1. The minimum atomic E-state index is 0.204. The van der Waals surface area contributed by atoms with Gasteiger partial charge in [-0.25, -0.2) is 0 Å². The van der Waals surface area contributed by atoms with E-state index in [0.717, 1.165) is 44.5 Å². The fourth-order valence-corrected chi connectivity index (χ4v) is 3.31. The van der Waals surface area contributed by atoms with Gasteiger partial charge in [0.05, 0.1) is 0 Å². The highest BCUT2D eigenvalue weighted by Gasteiger charge is 2.17. The third kappa shape index (κ3) is 2.93. The van der Waals surface area contributed by atoms with E-state index in [-0.39, 0.29) is 11.5 Å². The van der Waals surface area contributed by atoms with Gasteiger partial charge in [-0.3, -0.25) is 0 Å². The first kappa shape index (κ1) is 16.9. The van der Waals surface area contributed by atoms with Crippen molar-refractivity contribution in [3.8, 4) is 39.5 Å². The Morgan fingerprint density at radius 2 is 1.12 bits per heavy atom. The molecule has 0 heterocycles. The van der Waals surface area contributed by atoms with Crippen molar-refractivity contribution in [3.05, 3.63) is 64.7 Å². The van der Waals surface area contributed by atoms with Gasteiger partial charge in [-0.1, -0.05) is 12.1 Å². The van der Waals surface area contributed by atoms with Crippen LogP contribution in [0.15, 0.2) is 42.5 Å². The monoisotopic (exact) mass is 334 g/mol. The zero-order valence-corrected chi connectivity index (χ0v) is 14.9. The first-order valence-corrected chi connectivity index (χ1v) is 8.22. The summed E-state index contributed by atoms with van der Waals surface area (Å²) in [5.41, 5.74) is 7.05. The van der Waals surface area contributed by atoms with Crippen molar-refractivity contribution in [2.45, 2.75) is 27.7 Å². The zero-order valence-electron chi connectivity index (χ0n) is 14.9. The Bertz CT molecular complexity index is 931. The molecule has 0 aliphatic heterocycles. The van der Waals surface area contributed by atoms with Crippen LogP contribution in [-0.2, 0) is 0 Å². The largest absolute Gasteiger partial charge is 0.508 e. The molecule has 3 N–H and O–H groups in total. The standard InChI is InChI=1S/C22H22O3/c1-12-9-17(10-13(2)21(12)24)19-11-14(3)22(25)15(4)20(19)16-5-7-18(23)8-6-16/h5-11,23-25H,1-4H3. The number of phenolic OH excluding ortho intramolecular Hbond substituents is 3. The molecule has 0 radical (unpaired) electrons. The highest BCUT2D eigenvalue weighted by Crippen LogP contribution is 2.42. The van der Waals surface area contributed by atoms with Gasteiger partial charge in [0.25, 0.3) is 0 Å². The van der Waals surface area contributed by atoms with Crippen molar-refractivity contribution in [2.75, 3.05) is 0 Å². The summed E-state index contributed by atoms with van der Waals surface area (Å²) in [6, 6.07) is 12.8. The van der Waals surface area contributed by atoms with Gasteiger partial charge in [0.1, 0.15) is 17.2 Å². The summed E-state index contributed by atoms with van der Waals surface area (Å²) in [4.78, 5) is 0. The lowest BCUT2D eigenvalue weighted by Crippen LogP contribution is -1.94. The predicted molar refractivity (Wildman–Crippen MR) is 101 cm³/mol. The number of aromatic hydroxyl groups is 3. The first-order valence-electron chi connectivity index (χ1n) is 8.22. The predicted octanol–water partition coefficient (Wildman–Crippen LogP) is 5.37. The second-order valence-electron chi connectivity index (χ2n) is 6.60. The van der Waals surface area contributed by atoms with E-state index in [1.807, 2.05) is 58.0 Å². The van der Waals surface area contributed by atoms with Crippen LogP contribution < -0.4 is 0 Å². The Hall–Kier alpha value is -2.94. The molecular formula is C22H22O3. The van der Waals surface area contributed by atoms with Crippen LogP contribution >= 0.6 is 0 Å². The van der Waals surface area contributed by atoms with Crippen LogP contribution in [0.1, 0.15) is 22.3 Å². The van der Waals surface area contributed by atoms with Crippen LogP contribution in [0.5, 0.6) is 17.2 Å². The maximum atomic E-state index is 10.4. The van der Waals surface area contributed by atoms with Crippen LogP contribution in [0.25, 0.3) is 22.3 Å². The number of hydrogen-bond donors (Lipinski definition) is 3. The molecule has 0 amide bonds. The van der Waals surface area contributed by atoms with E-state index < -0.39 is 0 Å². The number of hydrogen-bond acceptors (Lipinski definition) is 3. The van der Waals surface area contributed by atoms with E-state index in [1.165, 1.54) is 0 Å². The quantitative estimate of drug-likeness (QED) is 0.590. The number of aryl methyl sites for hydroxylation is 3. The molecule has 0 aromatic heterocycles. The Balaban J connectivity index is 2.35. The van der Waals surface area contributed by atoms with Gasteiger partial charge in [-0.2, -0.15) is 0 Å². The van der Waals surface area contributed by atoms with E-state index >= 15 is 0 Å². The molecule has 3 aromatic rings. The Morgan fingerprint density at radius 3 is 1.68 bits per heavy atom. The molecule has 3 rings (SSSR count). The van der Waals surface area contributed by atoms with E-state index in [2.05, 4.69) is 0 Å². The molecule has 0 atom stereocenters. The third-order valence-corrected chi connectivity index (χ3v) is 4.69. The summed E-state index contributed by atoms with van der Waals surface area (Å²) in [7, 11) is 0. The number of phenols is 3. The molecule has 0 fully saturated rings. The molecule has 0 saturated carbocycles. The number of rotatable bonds is 2. The van der Waals surface area contributed by atoms with Crippen molar-refractivity contribution < 1.29 is 15.3 Å². The fourth-order valence-electron chi connectivity index (χ4n) is 3.31. The molecule has 128 valence electrons. The summed E-state index contributed by atoms with van der Waals surface area (Å²) >= 11 is 0. The molecule has 3 heteroatoms. The SMILES string of the molecule is Cc1cc(-c2cc(C)c(O)c(C)c2-c2ccc(O)cc2)cc(C)c1O. The van der Waals surface area contributed by atoms with E-state index in [1.54, 1.807) is 12.1 Å². The van der Waals surface area contributed by atoms with Gasteiger partial charge in [0.2, 0.25) is 0 Å². The van der Waals surface area contributed by atoms with Gasteiger partial charge in [-0.15, -0.1) is 0 Å². The molecule has 25 heavy (non-hydrogen) atoms. The molecular weight excluding hydrogens is 312 g/mol. The smallest absolute Gasteiger partial charge is 0.122 e. The average Bonchev–Trinajstić information content (AvgIpc) is 2.58. The van der Waals surface area contributed by atoms with Crippen molar-refractivity contribution in [2.24, 2.45) is 0 Å². The highest BCUT2D eigenvalue weighted by molar-refractivity contribution is 5.88. The number of benzene rings is 3. The Labute approximate surface area is 147 Å². The lowest BCUT2D eigenvalue weighted by molar-refractivity contribution is 0.466. The maximum Gasteiger partial charge on any atom is 0.122 e. The van der Waals surface area contributed by atoms with Crippen LogP contribution in [-0.4, -0.2) is 15.3 Å². The fraction of sp³-hybridized carbons (Fsp3) is 0.182. The zero-order chi connectivity index (χ0) is 18.3. The van der Waals surface area contributed by atoms with Crippen molar-refractivity contribution in [1.29, 1.82) is 0 Å². The van der Waals surface area contributed by atoms with Gasteiger partial charge in [0.15, 0.2) is 0 Å². The topological polar surface area (TPSA) is 60.7 Å². The Morgan fingerprint density at radius 1 is 0.600 bits per heavy atom. The second-order valence-corrected chi connectivity index (χ2v) is 6.60. The molecule has 0 unspecified atom stereocenters. The molecule has 3 aromatic carbocycles. The molecule has 0 saturated heterocycles. The summed E-state index contributed by atoms with van der Waals surface area (Å²) < 4.78 is 0. The normalized spacial score (nSPS) is 10.9. The van der Waals surface area contributed by atoms with Crippen molar-refractivity contribution in [1.82, 2.24) is 0 Å². The van der Waals surface area contributed by atoms with Crippen LogP contribution in [0.2, 0.25) is 0 Å². The minimum absolute atomic E-state index is 0.204. The van der Waals surface area contributed by atoms with E-state index in [4.69, 9.17) is 0 Å². The minimum Gasteiger partial charge on any atom is -0.508 e. The second kappa shape index (κ2) is 6.17. The summed E-state index contributed by atoms with van der Waals surface area (Å²) in [6.45, 7) is 7.54. The van der Waals surface area contributed by atoms with Gasteiger partial charge < -0.3 is 15.3 Å². The average molecular weight is 334 g/mol. The first-order chi connectivity index (χ1) is 11.8. The molecule has 0 bridgehead atoms. The van der Waals surface area contributed by atoms with Crippen LogP contribution in [0.4, 0.5) is 0 Å². The highest BCUT2D eigenvalue weighted by atomic mass is 16.3. The molecule has 3 nitrogen and oxygen atoms in total. The van der Waals surface area contributed by atoms with Gasteiger partial charge in [0, 0.05) is 0 Å². The third-order valence-electron chi connectivity index (χ3n) is 4.69.